The zero-order chi connectivity index (χ0) is 17.2. The Hall–Kier alpha value is -2.35. The highest BCUT2D eigenvalue weighted by molar-refractivity contribution is 7.89. The van der Waals surface area contributed by atoms with Gasteiger partial charge >= 0.3 is 0 Å². The molecule has 0 radical (unpaired) electrons. The highest BCUT2D eigenvalue weighted by atomic mass is 35.5. The Morgan fingerprint density at radius 3 is 2.62 bits per heavy atom. The summed E-state index contributed by atoms with van der Waals surface area (Å²) in [6.07, 6.45) is 1.52. The van der Waals surface area contributed by atoms with Crippen LogP contribution in [0.1, 0.15) is 5.89 Å². The van der Waals surface area contributed by atoms with Crippen molar-refractivity contribution in [3.8, 4) is 17.1 Å². The lowest BCUT2D eigenvalue weighted by Crippen LogP contribution is -2.23. The average molecular weight is 365 g/mol. The van der Waals surface area contributed by atoms with Crippen LogP contribution in [0.25, 0.3) is 11.3 Å². The molecule has 0 aliphatic heterocycles. The number of phenolic OH excluding ortho intramolecular Hbond substituents is 1. The van der Waals surface area contributed by atoms with Crippen LogP contribution >= 0.6 is 11.6 Å². The number of nitrogens with zero attached hydrogens (tertiary/aromatic N) is 1. The van der Waals surface area contributed by atoms with Gasteiger partial charge in [-0.3, -0.25) is 0 Å². The zero-order valence-electron chi connectivity index (χ0n) is 12.3. The van der Waals surface area contributed by atoms with E-state index in [-0.39, 0.29) is 22.4 Å². The number of para-hydroxylation sites is 1. The van der Waals surface area contributed by atoms with E-state index in [0.717, 1.165) is 5.56 Å². The second kappa shape index (κ2) is 6.64. The summed E-state index contributed by atoms with van der Waals surface area (Å²) in [4.78, 5) is 3.75. The predicted molar refractivity (Wildman–Crippen MR) is 89.1 cm³/mol. The summed E-state index contributed by atoms with van der Waals surface area (Å²) in [7, 11) is -3.95. The monoisotopic (exact) mass is 364 g/mol. The maximum Gasteiger partial charge on any atom is 0.244 e. The van der Waals surface area contributed by atoms with Gasteiger partial charge in [-0.05, 0) is 12.1 Å². The van der Waals surface area contributed by atoms with Crippen molar-refractivity contribution in [2.75, 3.05) is 0 Å². The molecule has 0 saturated heterocycles. The Morgan fingerprint density at radius 1 is 1.12 bits per heavy atom. The van der Waals surface area contributed by atoms with Crippen LogP contribution in [0.15, 0.2) is 64.0 Å². The van der Waals surface area contributed by atoms with E-state index in [4.69, 9.17) is 16.0 Å². The molecule has 0 aliphatic carbocycles. The summed E-state index contributed by atoms with van der Waals surface area (Å²) >= 11 is 5.74. The number of hydrogen-bond acceptors (Lipinski definition) is 5. The van der Waals surface area contributed by atoms with Gasteiger partial charge in [0.05, 0.1) is 17.8 Å². The SMILES string of the molecule is O=S(=O)(NCc1ncc(-c2ccccc2)o1)c1cccc(Cl)c1O. The van der Waals surface area contributed by atoms with Crippen molar-refractivity contribution >= 4 is 21.6 Å². The van der Waals surface area contributed by atoms with Crippen LogP contribution in [-0.2, 0) is 16.6 Å². The topological polar surface area (TPSA) is 92.4 Å². The Labute approximate surface area is 143 Å². The molecule has 0 fully saturated rings. The molecule has 1 heterocycles. The summed E-state index contributed by atoms with van der Waals surface area (Å²) in [6.45, 7) is -0.152. The van der Waals surface area contributed by atoms with Crippen LogP contribution in [-0.4, -0.2) is 18.5 Å². The number of halogens is 1. The number of oxazole rings is 1. The van der Waals surface area contributed by atoms with E-state index in [1.165, 1.54) is 24.4 Å². The smallest absolute Gasteiger partial charge is 0.244 e. The number of phenols is 1. The van der Waals surface area contributed by atoms with Crippen molar-refractivity contribution in [2.45, 2.75) is 11.4 Å². The van der Waals surface area contributed by atoms with Gasteiger partial charge in [-0.15, -0.1) is 0 Å². The first-order valence-corrected chi connectivity index (χ1v) is 8.81. The van der Waals surface area contributed by atoms with E-state index >= 15 is 0 Å². The molecule has 0 atom stereocenters. The third kappa shape index (κ3) is 3.43. The van der Waals surface area contributed by atoms with E-state index in [1.54, 1.807) is 0 Å². The summed E-state index contributed by atoms with van der Waals surface area (Å²) in [5.41, 5.74) is 0.839. The second-order valence-electron chi connectivity index (χ2n) is 4.90. The molecule has 124 valence electrons. The zero-order valence-corrected chi connectivity index (χ0v) is 13.9. The molecule has 0 bridgehead atoms. The lowest BCUT2D eigenvalue weighted by molar-refractivity contribution is 0.456. The van der Waals surface area contributed by atoms with Crippen molar-refractivity contribution < 1.29 is 17.9 Å². The van der Waals surface area contributed by atoms with Crippen LogP contribution < -0.4 is 4.72 Å². The van der Waals surface area contributed by atoms with E-state index in [1.807, 2.05) is 30.3 Å². The molecule has 6 nitrogen and oxygen atoms in total. The fraction of sp³-hybridized carbons (Fsp3) is 0.0625. The summed E-state index contributed by atoms with van der Waals surface area (Å²) < 4.78 is 32.4. The average Bonchev–Trinajstić information content (AvgIpc) is 3.05. The number of aromatic nitrogens is 1. The van der Waals surface area contributed by atoms with Crippen molar-refractivity contribution in [3.05, 3.63) is 65.6 Å². The number of hydrogen-bond donors (Lipinski definition) is 2. The molecule has 3 rings (SSSR count). The third-order valence-electron chi connectivity index (χ3n) is 3.26. The molecule has 1 aromatic heterocycles. The quantitative estimate of drug-likeness (QED) is 0.725. The van der Waals surface area contributed by atoms with Gasteiger partial charge in [-0.1, -0.05) is 48.0 Å². The maximum atomic E-state index is 12.3. The number of sulfonamides is 1. The Bertz CT molecular complexity index is 955. The van der Waals surface area contributed by atoms with Gasteiger partial charge < -0.3 is 9.52 Å². The Balaban J connectivity index is 1.76. The third-order valence-corrected chi connectivity index (χ3v) is 5.00. The molecular weight excluding hydrogens is 352 g/mol. The molecule has 8 heteroatoms. The second-order valence-corrected chi connectivity index (χ2v) is 7.04. The number of nitrogens with one attached hydrogen (secondary N) is 1. The molecule has 0 amide bonds. The van der Waals surface area contributed by atoms with Crippen LogP contribution in [0.3, 0.4) is 0 Å². The summed E-state index contributed by atoms with van der Waals surface area (Å²) in [5, 5.41) is 9.75. The molecular formula is C16H13ClN2O4S. The minimum absolute atomic E-state index is 0.0413. The molecule has 0 saturated carbocycles. The summed E-state index contributed by atoms with van der Waals surface area (Å²) in [5.74, 6) is 0.249. The number of rotatable bonds is 5. The fourth-order valence-electron chi connectivity index (χ4n) is 2.07. The van der Waals surface area contributed by atoms with Gasteiger partial charge in [0.15, 0.2) is 11.5 Å². The van der Waals surface area contributed by atoms with Crippen molar-refractivity contribution in [1.29, 1.82) is 0 Å². The van der Waals surface area contributed by atoms with Gasteiger partial charge in [-0.25, -0.2) is 18.1 Å². The lowest BCUT2D eigenvalue weighted by atomic mass is 10.2. The van der Waals surface area contributed by atoms with E-state index in [2.05, 4.69) is 9.71 Å². The standard InChI is InChI=1S/C16H13ClN2O4S/c17-12-7-4-8-14(16(12)20)24(21,22)19-10-15-18-9-13(23-15)11-5-2-1-3-6-11/h1-9,19-20H,10H2. The molecule has 2 N–H and O–H groups in total. The van der Waals surface area contributed by atoms with Crippen molar-refractivity contribution in [2.24, 2.45) is 0 Å². The maximum absolute atomic E-state index is 12.3. The fourth-order valence-corrected chi connectivity index (χ4v) is 3.40. The number of benzene rings is 2. The molecule has 0 spiro atoms. The predicted octanol–water partition coefficient (Wildman–Crippen LogP) is 3.18. The van der Waals surface area contributed by atoms with Gasteiger partial charge in [-0.2, -0.15) is 0 Å². The molecule has 2 aromatic carbocycles. The minimum atomic E-state index is -3.95. The highest BCUT2D eigenvalue weighted by Crippen LogP contribution is 2.30. The van der Waals surface area contributed by atoms with E-state index in [0.29, 0.717) is 5.76 Å². The van der Waals surface area contributed by atoms with E-state index < -0.39 is 15.8 Å². The van der Waals surface area contributed by atoms with Gasteiger partial charge in [0, 0.05) is 5.56 Å². The Kier molecular flexibility index (Phi) is 4.57. The van der Waals surface area contributed by atoms with Crippen molar-refractivity contribution in [1.82, 2.24) is 9.71 Å². The first-order valence-electron chi connectivity index (χ1n) is 6.94. The normalized spacial score (nSPS) is 11.5. The van der Waals surface area contributed by atoms with Crippen LogP contribution in [0.4, 0.5) is 0 Å². The number of aromatic hydroxyl groups is 1. The van der Waals surface area contributed by atoms with Crippen LogP contribution in [0.2, 0.25) is 5.02 Å². The summed E-state index contributed by atoms with van der Waals surface area (Å²) in [6, 6.07) is 13.4. The molecule has 3 aromatic rings. The van der Waals surface area contributed by atoms with E-state index in [9.17, 15) is 13.5 Å². The van der Waals surface area contributed by atoms with Gasteiger partial charge in [0.2, 0.25) is 15.9 Å². The molecule has 24 heavy (non-hydrogen) atoms. The largest absolute Gasteiger partial charge is 0.505 e. The van der Waals surface area contributed by atoms with Gasteiger partial charge in [0.1, 0.15) is 4.90 Å². The first-order chi connectivity index (χ1) is 11.5. The van der Waals surface area contributed by atoms with Crippen LogP contribution in [0, 0.1) is 0 Å². The first kappa shape index (κ1) is 16.5. The lowest BCUT2D eigenvalue weighted by Gasteiger charge is -2.07. The molecule has 0 unspecified atom stereocenters. The van der Waals surface area contributed by atoms with Crippen LogP contribution in [0.5, 0.6) is 5.75 Å². The highest BCUT2D eigenvalue weighted by Gasteiger charge is 2.20. The Morgan fingerprint density at radius 2 is 1.88 bits per heavy atom. The molecule has 0 aliphatic rings. The van der Waals surface area contributed by atoms with Gasteiger partial charge in [0.25, 0.3) is 0 Å². The minimum Gasteiger partial charge on any atom is -0.505 e. The van der Waals surface area contributed by atoms with Crippen molar-refractivity contribution in [3.63, 3.8) is 0 Å².